The van der Waals surface area contributed by atoms with E-state index in [1.54, 1.807) is 18.2 Å². The molecule has 0 bridgehead atoms. The van der Waals surface area contributed by atoms with E-state index >= 15 is 0 Å². The fourth-order valence-electron chi connectivity index (χ4n) is 2.15. The lowest BCUT2D eigenvalue weighted by atomic mass is 10.2. The van der Waals surface area contributed by atoms with Crippen molar-refractivity contribution < 1.29 is 4.39 Å². The summed E-state index contributed by atoms with van der Waals surface area (Å²) in [7, 11) is 0. The number of benzene rings is 1. The van der Waals surface area contributed by atoms with E-state index in [9.17, 15) is 4.39 Å². The van der Waals surface area contributed by atoms with Gasteiger partial charge in [-0.05, 0) is 31.4 Å². The standard InChI is InChI=1S/C13H10ClFN2/c14-12-9-5-3-7-11(9)16-13(17-12)8-4-1-2-6-10(8)15/h1-2,4,6H,3,5,7H2. The van der Waals surface area contributed by atoms with Crippen LogP contribution in [0.1, 0.15) is 17.7 Å². The maximum absolute atomic E-state index is 13.6. The number of hydrogen-bond donors (Lipinski definition) is 0. The van der Waals surface area contributed by atoms with Crippen molar-refractivity contribution in [1.82, 2.24) is 9.97 Å². The molecule has 2 aromatic rings. The van der Waals surface area contributed by atoms with Crippen LogP contribution in [0.15, 0.2) is 24.3 Å². The van der Waals surface area contributed by atoms with E-state index in [-0.39, 0.29) is 5.82 Å². The molecular weight excluding hydrogens is 239 g/mol. The number of halogens is 2. The number of nitrogens with zero attached hydrogens (tertiary/aromatic N) is 2. The Labute approximate surface area is 103 Å². The van der Waals surface area contributed by atoms with Crippen LogP contribution in [0.5, 0.6) is 0 Å². The lowest BCUT2D eigenvalue weighted by Gasteiger charge is -2.06. The third kappa shape index (κ3) is 1.80. The predicted molar refractivity (Wildman–Crippen MR) is 64.5 cm³/mol. The van der Waals surface area contributed by atoms with Crippen LogP contribution in [0.3, 0.4) is 0 Å². The quantitative estimate of drug-likeness (QED) is 0.723. The van der Waals surface area contributed by atoms with Crippen LogP contribution in [0.4, 0.5) is 4.39 Å². The molecule has 1 aliphatic carbocycles. The van der Waals surface area contributed by atoms with E-state index in [1.807, 2.05) is 0 Å². The molecule has 0 spiro atoms. The molecule has 86 valence electrons. The summed E-state index contributed by atoms with van der Waals surface area (Å²) in [5, 5.41) is 0.464. The number of fused-ring (bicyclic) bond motifs is 1. The number of hydrogen-bond acceptors (Lipinski definition) is 2. The van der Waals surface area contributed by atoms with Crippen LogP contribution in [0, 0.1) is 5.82 Å². The Morgan fingerprint density at radius 3 is 2.76 bits per heavy atom. The molecule has 1 aliphatic rings. The number of aromatic nitrogens is 2. The Balaban J connectivity index is 2.17. The van der Waals surface area contributed by atoms with Crippen LogP contribution in [-0.4, -0.2) is 9.97 Å². The van der Waals surface area contributed by atoms with Gasteiger partial charge in [-0.25, -0.2) is 14.4 Å². The molecule has 1 aromatic heterocycles. The monoisotopic (exact) mass is 248 g/mol. The summed E-state index contributed by atoms with van der Waals surface area (Å²) in [5.74, 6) is 0.0651. The van der Waals surface area contributed by atoms with Gasteiger partial charge in [0.1, 0.15) is 11.0 Å². The van der Waals surface area contributed by atoms with Crippen molar-refractivity contribution in [3.8, 4) is 11.4 Å². The Morgan fingerprint density at radius 1 is 1.12 bits per heavy atom. The second kappa shape index (κ2) is 4.08. The van der Waals surface area contributed by atoms with Crippen molar-refractivity contribution in [3.63, 3.8) is 0 Å². The predicted octanol–water partition coefficient (Wildman–Crippen LogP) is 3.42. The smallest absolute Gasteiger partial charge is 0.164 e. The Kier molecular flexibility index (Phi) is 2.56. The molecule has 0 N–H and O–H groups in total. The van der Waals surface area contributed by atoms with Crippen molar-refractivity contribution in [2.24, 2.45) is 0 Å². The molecule has 0 saturated carbocycles. The van der Waals surface area contributed by atoms with Gasteiger partial charge in [-0.3, -0.25) is 0 Å². The van der Waals surface area contributed by atoms with E-state index in [0.29, 0.717) is 16.5 Å². The lowest BCUT2D eigenvalue weighted by Crippen LogP contribution is -1.98. The van der Waals surface area contributed by atoms with E-state index in [0.717, 1.165) is 30.5 Å². The van der Waals surface area contributed by atoms with E-state index < -0.39 is 0 Å². The molecule has 2 nitrogen and oxygen atoms in total. The Bertz CT molecular complexity index is 584. The van der Waals surface area contributed by atoms with Gasteiger partial charge >= 0.3 is 0 Å². The molecule has 17 heavy (non-hydrogen) atoms. The summed E-state index contributed by atoms with van der Waals surface area (Å²) in [6, 6.07) is 6.48. The van der Waals surface area contributed by atoms with Crippen molar-refractivity contribution in [1.29, 1.82) is 0 Å². The first-order valence-electron chi connectivity index (χ1n) is 5.56. The second-order valence-corrected chi connectivity index (χ2v) is 4.45. The van der Waals surface area contributed by atoms with Crippen LogP contribution < -0.4 is 0 Å². The van der Waals surface area contributed by atoms with Gasteiger partial charge in [-0.1, -0.05) is 23.7 Å². The first-order chi connectivity index (χ1) is 8.25. The average molecular weight is 249 g/mol. The van der Waals surface area contributed by atoms with Crippen molar-refractivity contribution >= 4 is 11.6 Å². The summed E-state index contributed by atoms with van der Waals surface area (Å²) in [6.45, 7) is 0. The molecule has 0 radical (unpaired) electrons. The largest absolute Gasteiger partial charge is 0.233 e. The third-order valence-corrected chi connectivity index (χ3v) is 3.31. The van der Waals surface area contributed by atoms with Gasteiger partial charge in [-0.2, -0.15) is 0 Å². The summed E-state index contributed by atoms with van der Waals surface area (Å²) in [5.41, 5.74) is 2.39. The van der Waals surface area contributed by atoms with Gasteiger partial charge in [0.05, 0.1) is 5.56 Å². The normalized spacial score (nSPS) is 13.8. The molecule has 0 saturated heterocycles. The summed E-state index contributed by atoms with van der Waals surface area (Å²) in [6.07, 6.45) is 2.87. The highest BCUT2D eigenvalue weighted by molar-refractivity contribution is 6.30. The summed E-state index contributed by atoms with van der Waals surface area (Å²) in [4.78, 5) is 8.60. The maximum atomic E-state index is 13.6. The average Bonchev–Trinajstić information content (AvgIpc) is 2.78. The second-order valence-electron chi connectivity index (χ2n) is 4.10. The molecular formula is C13H10ClFN2. The van der Waals surface area contributed by atoms with Crippen LogP contribution in [0.25, 0.3) is 11.4 Å². The Hall–Kier alpha value is -1.48. The zero-order valence-corrected chi connectivity index (χ0v) is 9.84. The first kappa shape index (κ1) is 10.7. The van der Waals surface area contributed by atoms with Crippen molar-refractivity contribution in [2.75, 3.05) is 0 Å². The highest BCUT2D eigenvalue weighted by Crippen LogP contribution is 2.29. The van der Waals surface area contributed by atoms with Crippen LogP contribution in [-0.2, 0) is 12.8 Å². The van der Waals surface area contributed by atoms with E-state index in [2.05, 4.69) is 9.97 Å². The van der Waals surface area contributed by atoms with Gasteiger partial charge in [0.25, 0.3) is 0 Å². The van der Waals surface area contributed by atoms with Gasteiger partial charge in [-0.15, -0.1) is 0 Å². The fourth-order valence-corrected chi connectivity index (χ4v) is 2.43. The molecule has 3 rings (SSSR count). The Morgan fingerprint density at radius 2 is 1.94 bits per heavy atom. The van der Waals surface area contributed by atoms with Gasteiger partial charge < -0.3 is 0 Å². The molecule has 0 unspecified atom stereocenters. The molecule has 0 atom stereocenters. The molecule has 0 aliphatic heterocycles. The van der Waals surface area contributed by atoms with Gasteiger partial charge in [0.2, 0.25) is 0 Å². The molecule has 0 amide bonds. The third-order valence-electron chi connectivity index (χ3n) is 3.00. The summed E-state index contributed by atoms with van der Waals surface area (Å²) < 4.78 is 13.6. The van der Waals surface area contributed by atoms with Crippen molar-refractivity contribution in [3.05, 3.63) is 46.5 Å². The number of aryl methyl sites for hydroxylation is 1. The minimum Gasteiger partial charge on any atom is -0.233 e. The number of rotatable bonds is 1. The van der Waals surface area contributed by atoms with E-state index in [1.165, 1.54) is 6.07 Å². The van der Waals surface area contributed by atoms with Gasteiger partial charge in [0.15, 0.2) is 5.82 Å². The lowest BCUT2D eigenvalue weighted by molar-refractivity contribution is 0.630. The van der Waals surface area contributed by atoms with Gasteiger partial charge in [0, 0.05) is 11.3 Å². The van der Waals surface area contributed by atoms with Crippen molar-refractivity contribution in [2.45, 2.75) is 19.3 Å². The zero-order chi connectivity index (χ0) is 11.8. The molecule has 1 heterocycles. The maximum Gasteiger partial charge on any atom is 0.164 e. The SMILES string of the molecule is Fc1ccccc1-c1nc(Cl)c2c(n1)CCC2. The first-order valence-corrected chi connectivity index (χ1v) is 5.93. The summed E-state index contributed by atoms with van der Waals surface area (Å²) >= 11 is 6.10. The topological polar surface area (TPSA) is 25.8 Å². The highest BCUT2D eigenvalue weighted by Gasteiger charge is 2.19. The minimum atomic E-state index is -0.318. The van der Waals surface area contributed by atoms with E-state index in [4.69, 9.17) is 11.6 Å². The molecule has 0 fully saturated rings. The van der Waals surface area contributed by atoms with Crippen LogP contribution in [0.2, 0.25) is 5.15 Å². The fraction of sp³-hybridized carbons (Fsp3) is 0.231. The molecule has 1 aromatic carbocycles. The minimum absolute atomic E-state index is 0.318. The zero-order valence-electron chi connectivity index (χ0n) is 9.08. The van der Waals surface area contributed by atoms with Crippen LogP contribution >= 0.6 is 11.6 Å². The highest BCUT2D eigenvalue weighted by atomic mass is 35.5. The molecule has 4 heteroatoms.